The molecule has 2 aromatic heterocycles. The van der Waals surface area contributed by atoms with Crippen LogP contribution in [0.2, 0.25) is 0 Å². The Labute approximate surface area is 147 Å². The topological polar surface area (TPSA) is 51.1 Å². The third-order valence-corrected chi connectivity index (χ3v) is 6.28. The van der Waals surface area contributed by atoms with Crippen LogP contribution in [0.25, 0.3) is 0 Å². The highest BCUT2D eigenvalue weighted by molar-refractivity contribution is 7.09. The van der Waals surface area contributed by atoms with Crippen molar-refractivity contribution in [1.82, 2.24) is 15.2 Å². The number of rotatable bonds is 5. The summed E-state index contributed by atoms with van der Waals surface area (Å²) in [7, 11) is 0. The van der Waals surface area contributed by atoms with Gasteiger partial charge in [0.05, 0.1) is 29.6 Å². The fourth-order valence-electron chi connectivity index (χ4n) is 4.22. The molecule has 24 heavy (non-hydrogen) atoms. The van der Waals surface area contributed by atoms with Gasteiger partial charge in [0, 0.05) is 23.9 Å². The van der Waals surface area contributed by atoms with E-state index in [1.54, 1.807) is 11.3 Å². The zero-order valence-corrected chi connectivity index (χ0v) is 15.2. The van der Waals surface area contributed by atoms with E-state index in [2.05, 4.69) is 31.5 Å². The van der Waals surface area contributed by atoms with Crippen molar-refractivity contribution in [2.24, 2.45) is 11.3 Å². The smallest absolute Gasteiger partial charge is 0.151 e. The molecule has 4 rings (SSSR count). The molecule has 0 amide bonds. The van der Waals surface area contributed by atoms with Crippen LogP contribution in [0.4, 0.5) is 5.82 Å². The second-order valence-corrected chi connectivity index (χ2v) is 8.28. The van der Waals surface area contributed by atoms with E-state index >= 15 is 0 Å². The van der Waals surface area contributed by atoms with Gasteiger partial charge in [0.2, 0.25) is 0 Å². The van der Waals surface area contributed by atoms with Crippen LogP contribution in [0.1, 0.15) is 35.7 Å². The maximum absolute atomic E-state index is 6.11. The highest BCUT2D eigenvalue weighted by Crippen LogP contribution is 2.49. The number of nitrogens with zero attached hydrogens (tertiary/aromatic N) is 4. The molecule has 2 aromatic rings. The van der Waals surface area contributed by atoms with Crippen LogP contribution in [0.3, 0.4) is 0 Å². The minimum atomic E-state index is 0.275. The lowest BCUT2D eigenvalue weighted by Gasteiger charge is -2.28. The standard InChI is InChI=1S/C18H24N4OS/c1-13-5-6-17(21-20-13)22-8-15-4-3-7-18(15,11-22)12-23-9-16-10-24-14(2)19-16/h5-6,10,15H,3-4,7-9,11-12H2,1-2H3/t15-,18+/m0/s1. The summed E-state index contributed by atoms with van der Waals surface area (Å²) in [5, 5.41) is 11.8. The lowest BCUT2D eigenvalue weighted by molar-refractivity contribution is 0.0302. The third-order valence-electron chi connectivity index (χ3n) is 5.45. The van der Waals surface area contributed by atoms with Crippen LogP contribution in [0, 0.1) is 25.2 Å². The van der Waals surface area contributed by atoms with Gasteiger partial charge in [-0.15, -0.1) is 16.4 Å². The van der Waals surface area contributed by atoms with E-state index in [0.717, 1.165) is 41.9 Å². The van der Waals surface area contributed by atoms with Gasteiger partial charge in [0.25, 0.3) is 0 Å². The maximum atomic E-state index is 6.11. The number of anilines is 1. The van der Waals surface area contributed by atoms with E-state index in [1.807, 2.05) is 19.9 Å². The molecule has 1 aliphatic heterocycles. The monoisotopic (exact) mass is 344 g/mol. The van der Waals surface area contributed by atoms with Crippen molar-refractivity contribution < 1.29 is 4.74 Å². The van der Waals surface area contributed by atoms with Gasteiger partial charge >= 0.3 is 0 Å². The Hall–Kier alpha value is -1.53. The SMILES string of the molecule is Cc1ccc(N2C[C@@H]3CCC[C@]3(COCc3csc(C)n3)C2)nn1. The summed E-state index contributed by atoms with van der Waals surface area (Å²) in [6.07, 6.45) is 3.87. The molecule has 2 atom stereocenters. The fourth-order valence-corrected chi connectivity index (χ4v) is 4.82. The number of thiazole rings is 1. The first-order valence-electron chi connectivity index (χ1n) is 8.69. The number of aromatic nitrogens is 3. The number of hydrogen-bond acceptors (Lipinski definition) is 6. The van der Waals surface area contributed by atoms with E-state index in [1.165, 1.54) is 19.3 Å². The predicted octanol–water partition coefficient (Wildman–Crippen LogP) is 3.37. The van der Waals surface area contributed by atoms with Crippen molar-refractivity contribution in [2.45, 2.75) is 39.7 Å². The normalized spacial score (nSPS) is 26.1. The summed E-state index contributed by atoms with van der Waals surface area (Å²) in [5.41, 5.74) is 2.30. The summed E-state index contributed by atoms with van der Waals surface area (Å²) in [4.78, 5) is 6.89. The Morgan fingerprint density at radius 1 is 1.33 bits per heavy atom. The van der Waals surface area contributed by atoms with E-state index < -0.39 is 0 Å². The van der Waals surface area contributed by atoms with E-state index in [0.29, 0.717) is 12.5 Å². The van der Waals surface area contributed by atoms with Crippen molar-refractivity contribution in [2.75, 3.05) is 24.6 Å². The van der Waals surface area contributed by atoms with Gasteiger partial charge in [0.15, 0.2) is 5.82 Å². The maximum Gasteiger partial charge on any atom is 0.151 e. The molecule has 5 nitrogen and oxygen atoms in total. The quantitative estimate of drug-likeness (QED) is 0.832. The average molecular weight is 344 g/mol. The highest BCUT2D eigenvalue weighted by atomic mass is 32.1. The zero-order chi connectivity index (χ0) is 16.6. The summed E-state index contributed by atoms with van der Waals surface area (Å²) in [6, 6.07) is 4.14. The molecule has 2 fully saturated rings. The van der Waals surface area contributed by atoms with Crippen LogP contribution in [0.15, 0.2) is 17.5 Å². The van der Waals surface area contributed by atoms with Gasteiger partial charge in [-0.25, -0.2) is 4.98 Å². The summed E-state index contributed by atoms with van der Waals surface area (Å²) < 4.78 is 6.11. The predicted molar refractivity (Wildman–Crippen MR) is 95.3 cm³/mol. The van der Waals surface area contributed by atoms with Gasteiger partial charge in [-0.3, -0.25) is 0 Å². The molecule has 0 N–H and O–H groups in total. The van der Waals surface area contributed by atoms with Gasteiger partial charge in [0.1, 0.15) is 0 Å². The minimum absolute atomic E-state index is 0.275. The second-order valence-electron chi connectivity index (χ2n) is 7.22. The summed E-state index contributed by atoms with van der Waals surface area (Å²) >= 11 is 1.69. The molecule has 0 unspecified atom stereocenters. The first kappa shape index (κ1) is 16.0. The molecule has 1 saturated carbocycles. The van der Waals surface area contributed by atoms with Crippen LogP contribution in [0.5, 0.6) is 0 Å². The van der Waals surface area contributed by atoms with Crippen LogP contribution < -0.4 is 4.90 Å². The first-order valence-corrected chi connectivity index (χ1v) is 9.57. The molecule has 128 valence electrons. The Morgan fingerprint density at radius 3 is 3.00 bits per heavy atom. The molecular weight excluding hydrogens is 320 g/mol. The molecule has 0 aromatic carbocycles. The minimum Gasteiger partial charge on any atom is -0.374 e. The Kier molecular flexibility index (Phi) is 4.26. The summed E-state index contributed by atoms with van der Waals surface area (Å²) in [5.74, 6) is 1.71. The van der Waals surface area contributed by atoms with Crippen molar-refractivity contribution in [1.29, 1.82) is 0 Å². The Balaban J connectivity index is 1.41. The second kappa shape index (κ2) is 6.41. The molecule has 0 bridgehead atoms. The molecule has 0 radical (unpaired) electrons. The van der Waals surface area contributed by atoms with E-state index in [9.17, 15) is 0 Å². The number of fused-ring (bicyclic) bond motifs is 1. The van der Waals surface area contributed by atoms with Gasteiger partial charge in [-0.05, 0) is 44.7 Å². The lowest BCUT2D eigenvalue weighted by atomic mass is 9.81. The van der Waals surface area contributed by atoms with Crippen LogP contribution >= 0.6 is 11.3 Å². The van der Waals surface area contributed by atoms with Gasteiger partial charge < -0.3 is 9.64 Å². The number of ether oxygens (including phenoxy) is 1. The van der Waals surface area contributed by atoms with Crippen molar-refractivity contribution in [3.05, 3.63) is 33.9 Å². The van der Waals surface area contributed by atoms with E-state index in [4.69, 9.17) is 4.74 Å². The average Bonchev–Trinajstić information content (AvgIpc) is 3.22. The number of hydrogen-bond donors (Lipinski definition) is 0. The molecule has 1 saturated heterocycles. The fraction of sp³-hybridized carbons (Fsp3) is 0.611. The lowest BCUT2D eigenvalue weighted by Crippen LogP contribution is -2.32. The van der Waals surface area contributed by atoms with Crippen molar-refractivity contribution in [3.63, 3.8) is 0 Å². The molecule has 1 aliphatic carbocycles. The third kappa shape index (κ3) is 3.05. The molecule has 3 heterocycles. The molecule has 2 aliphatic rings. The molecule has 6 heteroatoms. The highest BCUT2D eigenvalue weighted by Gasteiger charge is 2.49. The van der Waals surface area contributed by atoms with Crippen LogP contribution in [-0.2, 0) is 11.3 Å². The largest absolute Gasteiger partial charge is 0.374 e. The van der Waals surface area contributed by atoms with Crippen molar-refractivity contribution >= 4 is 17.2 Å². The Morgan fingerprint density at radius 2 is 2.25 bits per heavy atom. The van der Waals surface area contributed by atoms with E-state index in [-0.39, 0.29) is 5.41 Å². The molecule has 0 spiro atoms. The molecular formula is C18H24N4OS. The van der Waals surface area contributed by atoms with Gasteiger partial charge in [-0.1, -0.05) is 6.42 Å². The Bertz CT molecular complexity index is 701. The van der Waals surface area contributed by atoms with Gasteiger partial charge in [-0.2, -0.15) is 5.10 Å². The van der Waals surface area contributed by atoms with Crippen LogP contribution in [-0.4, -0.2) is 34.9 Å². The zero-order valence-electron chi connectivity index (χ0n) is 14.4. The number of aryl methyl sites for hydroxylation is 2. The first-order chi connectivity index (χ1) is 11.6. The van der Waals surface area contributed by atoms with Crippen molar-refractivity contribution in [3.8, 4) is 0 Å². The summed E-state index contributed by atoms with van der Waals surface area (Å²) in [6.45, 7) is 7.58.